The maximum Gasteiger partial charge on any atom is 0.415 e. The van der Waals surface area contributed by atoms with Crippen molar-refractivity contribution in [2.45, 2.75) is 18.8 Å². The Balaban J connectivity index is 1.36. The first kappa shape index (κ1) is 17.2. The molecule has 1 saturated heterocycles. The molecule has 0 radical (unpaired) electrons. The van der Waals surface area contributed by atoms with Gasteiger partial charge in [-0.1, -0.05) is 12.1 Å². The number of aromatic nitrogens is 2. The first-order valence-electron chi connectivity index (χ1n) is 8.77. The molecule has 138 valence electrons. The summed E-state index contributed by atoms with van der Waals surface area (Å²) in [6, 6.07) is 9.64. The van der Waals surface area contributed by atoms with Crippen molar-refractivity contribution in [2.24, 2.45) is 0 Å². The minimum Gasteiger partial charge on any atom is -0.440 e. The first-order chi connectivity index (χ1) is 13.2. The Morgan fingerprint density at radius 3 is 2.78 bits per heavy atom. The molecule has 0 spiro atoms. The molecule has 6 nitrogen and oxygen atoms in total. The molecule has 0 atom stereocenters. The SMILES string of the molecule is O=C(Oc1cccnc1)N1CCC(c2ncc(-c3cccc(F)c3)o2)CC1. The Morgan fingerprint density at radius 2 is 2.04 bits per heavy atom. The number of oxazole rings is 1. The largest absolute Gasteiger partial charge is 0.440 e. The van der Waals surface area contributed by atoms with Crippen LogP contribution >= 0.6 is 0 Å². The molecule has 4 rings (SSSR count). The van der Waals surface area contributed by atoms with Crippen LogP contribution in [0.2, 0.25) is 0 Å². The zero-order valence-corrected chi connectivity index (χ0v) is 14.5. The number of pyridine rings is 1. The van der Waals surface area contributed by atoms with E-state index in [1.165, 1.54) is 18.3 Å². The van der Waals surface area contributed by atoms with Crippen LogP contribution in [0.5, 0.6) is 5.75 Å². The molecule has 1 fully saturated rings. The van der Waals surface area contributed by atoms with Crippen LogP contribution in [0.25, 0.3) is 11.3 Å². The van der Waals surface area contributed by atoms with Crippen molar-refractivity contribution in [1.29, 1.82) is 0 Å². The summed E-state index contributed by atoms with van der Waals surface area (Å²) in [5, 5.41) is 0. The number of carbonyl (C=O) groups excluding carboxylic acids is 1. The van der Waals surface area contributed by atoms with E-state index >= 15 is 0 Å². The number of hydrogen-bond donors (Lipinski definition) is 0. The lowest BCUT2D eigenvalue weighted by Crippen LogP contribution is -2.39. The van der Waals surface area contributed by atoms with Crippen molar-refractivity contribution in [3.63, 3.8) is 0 Å². The topological polar surface area (TPSA) is 68.5 Å². The van der Waals surface area contributed by atoms with Crippen LogP contribution in [0.1, 0.15) is 24.7 Å². The molecule has 3 heterocycles. The fraction of sp³-hybridized carbons (Fsp3) is 0.250. The summed E-state index contributed by atoms with van der Waals surface area (Å²) in [5.74, 6) is 1.40. The van der Waals surface area contributed by atoms with E-state index < -0.39 is 0 Å². The Kier molecular flexibility index (Phi) is 4.82. The van der Waals surface area contributed by atoms with Crippen molar-refractivity contribution >= 4 is 6.09 Å². The average Bonchev–Trinajstić information content (AvgIpc) is 3.19. The number of carbonyl (C=O) groups is 1. The third-order valence-corrected chi connectivity index (χ3v) is 4.57. The third kappa shape index (κ3) is 3.97. The number of halogens is 1. The lowest BCUT2D eigenvalue weighted by Gasteiger charge is -2.29. The molecule has 0 N–H and O–H groups in total. The van der Waals surface area contributed by atoms with Gasteiger partial charge in [0.1, 0.15) is 5.82 Å². The van der Waals surface area contributed by atoms with Crippen molar-refractivity contribution in [1.82, 2.24) is 14.9 Å². The summed E-state index contributed by atoms with van der Waals surface area (Å²) >= 11 is 0. The molecule has 1 amide bonds. The number of nitrogens with zero attached hydrogens (tertiary/aromatic N) is 3. The van der Waals surface area contributed by atoms with E-state index in [0.29, 0.717) is 36.1 Å². The molecule has 0 aliphatic carbocycles. The van der Waals surface area contributed by atoms with Gasteiger partial charge in [-0.2, -0.15) is 0 Å². The Hall–Kier alpha value is -3.22. The van der Waals surface area contributed by atoms with Crippen LogP contribution < -0.4 is 4.74 Å². The number of rotatable bonds is 3. The van der Waals surface area contributed by atoms with Crippen molar-refractivity contribution in [3.05, 3.63) is 66.7 Å². The smallest absolute Gasteiger partial charge is 0.415 e. The monoisotopic (exact) mass is 367 g/mol. The van der Waals surface area contributed by atoms with E-state index in [2.05, 4.69) is 9.97 Å². The Morgan fingerprint density at radius 1 is 1.19 bits per heavy atom. The Labute approximate surface area is 155 Å². The summed E-state index contributed by atoms with van der Waals surface area (Å²) in [7, 11) is 0. The van der Waals surface area contributed by atoms with Gasteiger partial charge in [0.2, 0.25) is 0 Å². The molecule has 7 heteroatoms. The number of likely N-dealkylation sites (tertiary alicyclic amines) is 1. The summed E-state index contributed by atoms with van der Waals surface area (Å²) < 4.78 is 24.5. The van der Waals surface area contributed by atoms with Crippen LogP contribution in [0.4, 0.5) is 9.18 Å². The quantitative estimate of drug-likeness (QED) is 0.692. The van der Waals surface area contributed by atoms with Gasteiger partial charge in [0.05, 0.1) is 12.4 Å². The highest BCUT2D eigenvalue weighted by Crippen LogP contribution is 2.31. The second-order valence-electron chi connectivity index (χ2n) is 6.39. The molecule has 1 aliphatic heterocycles. The minimum atomic E-state index is -0.380. The van der Waals surface area contributed by atoms with Gasteiger partial charge < -0.3 is 14.1 Å². The number of hydrogen-bond acceptors (Lipinski definition) is 5. The van der Waals surface area contributed by atoms with Crippen LogP contribution in [0.3, 0.4) is 0 Å². The second-order valence-corrected chi connectivity index (χ2v) is 6.39. The zero-order valence-electron chi connectivity index (χ0n) is 14.5. The zero-order chi connectivity index (χ0) is 18.6. The third-order valence-electron chi connectivity index (χ3n) is 4.57. The highest BCUT2D eigenvalue weighted by molar-refractivity contribution is 5.70. The second kappa shape index (κ2) is 7.57. The number of ether oxygens (including phenoxy) is 1. The maximum absolute atomic E-state index is 13.4. The van der Waals surface area contributed by atoms with Crippen LogP contribution in [0.15, 0.2) is 59.4 Å². The van der Waals surface area contributed by atoms with Gasteiger partial charge in [-0.05, 0) is 37.1 Å². The Bertz CT molecular complexity index is 921. The number of piperidine rings is 1. The molecule has 0 bridgehead atoms. The molecule has 1 aliphatic rings. The van der Waals surface area contributed by atoms with Gasteiger partial charge in [-0.25, -0.2) is 14.2 Å². The summed E-state index contributed by atoms with van der Waals surface area (Å²) in [6.45, 7) is 1.11. The fourth-order valence-corrected chi connectivity index (χ4v) is 3.13. The normalized spacial score (nSPS) is 14.9. The van der Waals surface area contributed by atoms with Crippen molar-refractivity contribution in [3.8, 4) is 17.1 Å². The van der Waals surface area contributed by atoms with E-state index in [0.717, 1.165) is 12.8 Å². The van der Waals surface area contributed by atoms with Gasteiger partial charge in [0, 0.05) is 30.8 Å². The highest BCUT2D eigenvalue weighted by atomic mass is 19.1. The first-order valence-corrected chi connectivity index (χ1v) is 8.77. The molecular formula is C20H18FN3O3. The van der Waals surface area contributed by atoms with E-state index in [9.17, 15) is 9.18 Å². The minimum absolute atomic E-state index is 0.120. The van der Waals surface area contributed by atoms with Crippen molar-refractivity contribution < 1.29 is 18.3 Å². The van der Waals surface area contributed by atoms with Crippen LogP contribution in [-0.2, 0) is 0 Å². The van der Waals surface area contributed by atoms with Gasteiger partial charge in [0.25, 0.3) is 0 Å². The van der Waals surface area contributed by atoms with Gasteiger partial charge >= 0.3 is 6.09 Å². The van der Waals surface area contributed by atoms with E-state index in [4.69, 9.17) is 9.15 Å². The molecule has 2 aromatic heterocycles. The molecule has 0 saturated carbocycles. The highest BCUT2D eigenvalue weighted by Gasteiger charge is 2.28. The average molecular weight is 367 g/mol. The van der Waals surface area contributed by atoms with E-state index in [-0.39, 0.29) is 17.8 Å². The standard InChI is InChI=1S/C20H18FN3O3/c21-16-4-1-3-15(11-16)18-13-23-19(27-18)14-6-9-24(10-7-14)20(25)26-17-5-2-8-22-12-17/h1-5,8,11-14H,6-7,9-10H2. The summed E-state index contributed by atoms with van der Waals surface area (Å²) in [6.07, 6.45) is 5.82. The van der Waals surface area contributed by atoms with Gasteiger partial charge in [-0.3, -0.25) is 4.98 Å². The van der Waals surface area contributed by atoms with Gasteiger partial charge in [-0.15, -0.1) is 0 Å². The maximum atomic E-state index is 13.4. The molecule has 27 heavy (non-hydrogen) atoms. The predicted octanol–water partition coefficient (Wildman–Crippen LogP) is 4.25. The number of amides is 1. The summed E-state index contributed by atoms with van der Waals surface area (Å²) in [5.41, 5.74) is 0.659. The van der Waals surface area contributed by atoms with E-state index in [1.54, 1.807) is 41.6 Å². The van der Waals surface area contributed by atoms with Gasteiger partial charge in [0.15, 0.2) is 17.4 Å². The van der Waals surface area contributed by atoms with Crippen LogP contribution in [-0.4, -0.2) is 34.1 Å². The molecule has 3 aromatic rings. The fourth-order valence-electron chi connectivity index (χ4n) is 3.13. The van der Waals surface area contributed by atoms with Crippen molar-refractivity contribution in [2.75, 3.05) is 13.1 Å². The molecule has 0 unspecified atom stereocenters. The molecular weight excluding hydrogens is 349 g/mol. The summed E-state index contributed by atoms with van der Waals surface area (Å²) in [4.78, 5) is 22.2. The number of benzene rings is 1. The predicted molar refractivity (Wildman–Crippen MR) is 95.7 cm³/mol. The lowest BCUT2D eigenvalue weighted by atomic mass is 9.97. The molecule has 1 aromatic carbocycles. The van der Waals surface area contributed by atoms with Crippen LogP contribution in [0, 0.1) is 5.82 Å². The van der Waals surface area contributed by atoms with E-state index in [1.807, 2.05) is 0 Å². The lowest BCUT2D eigenvalue weighted by molar-refractivity contribution is 0.136.